The van der Waals surface area contributed by atoms with Crippen LogP contribution in [0.15, 0.2) is 18.3 Å². The van der Waals surface area contributed by atoms with Gasteiger partial charge in [-0.1, -0.05) is 0 Å². The molecule has 3 heterocycles. The van der Waals surface area contributed by atoms with Crippen molar-refractivity contribution < 1.29 is 19.5 Å². The van der Waals surface area contributed by atoms with Crippen LogP contribution in [0, 0.1) is 6.92 Å². The van der Waals surface area contributed by atoms with Crippen molar-refractivity contribution in [3.05, 3.63) is 29.7 Å². The number of aryl methyl sites for hydroxylation is 1. The lowest BCUT2D eigenvalue weighted by molar-refractivity contribution is -0.145. The number of carboxylic acid groups (broad SMARTS) is 1. The summed E-state index contributed by atoms with van der Waals surface area (Å²) in [7, 11) is 0. The Morgan fingerprint density at radius 1 is 1.22 bits per heavy atom. The number of rotatable bonds is 4. The first-order valence-corrected chi connectivity index (χ1v) is 8.96. The summed E-state index contributed by atoms with van der Waals surface area (Å²) in [6, 6.07) is 3.33. The molecule has 9 heteroatoms. The van der Waals surface area contributed by atoms with Crippen LogP contribution in [0.25, 0.3) is 5.65 Å². The number of hydrogen-bond acceptors (Lipinski definition) is 5. The SMILES string of the molecule is CC(=O)N(CC(=O)O)C1CCCN(C(=O)c2ccc3nnc(C)n3c2)CC1. The number of carbonyl (C=O) groups is 3. The molecule has 0 aliphatic carbocycles. The number of aliphatic carboxylic acids is 1. The van der Waals surface area contributed by atoms with Gasteiger partial charge in [0.25, 0.3) is 5.91 Å². The highest BCUT2D eigenvalue weighted by molar-refractivity contribution is 5.94. The average molecular weight is 373 g/mol. The smallest absolute Gasteiger partial charge is 0.323 e. The Labute approximate surface area is 156 Å². The van der Waals surface area contributed by atoms with E-state index >= 15 is 0 Å². The molecule has 0 aromatic carbocycles. The number of aromatic nitrogens is 3. The average Bonchev–Trinajstić information content (AvgIpc) is 2.84. The maximum Gasteiger partial charge on any atom is 0.323 e. The fourth-order valence-corrected chi connectivity index (χ4v) is 3.55. The quantitative estimate of drug-likeness (QED) is 0.855. The molecule has 2 aromatic rings. The molecule has 1 unspecified atom stereocenters. The van der Waals surface area contributed by atoms with Gasteiger partial charge in [0.2, 0.25) is 5.91 Å². The second-order valence-electron chi connectivity index (χ2n) is 6.81. The van der Waals surface area contributed by atoms with Crippen LogP contribution in [0.3, 0.4) is 0 Å². The van der Waals surface area contributed by atoms with Crippen molar-refractivity contribution in [2.24, 2.45) is 0 Å². The summed E-state index contributed by atoms with van der Waals surface area (Å²) >= 11 is 0. The third-order valence-corrected chi connectivity index (χ3v) is 4.96. The minimum absolute atomic E-state index is 0.0849. The van der Waals surface area contributed by atoms with Gasteiger partial charge in [0.15, 0.2) is 5.65 Å². The van der Waals surface area contributed by atoms with Crippen molar-refractivity contribution in [2.75, 3.05) is 19.6 Å². The summed E-state index contributed by atoms with van der Waals surface area (Å²) in [6.07, 6.45) is 3.70. The number of pyridine rings is 1. The zero-order chi connectivity index (χ0) is 19.6. The minimum Gasteiger partial charge on any atom is -0.480 e. The van der Waals surface area contributed by atoms with Crippen LogP contribution >= 0.6 is 0 Å². The summed E-state index contributed by atoms with van der Waals surface area (Å²) in [5, 5.41) is 17.1. The van der Waals surface area contributed by atoms with Gasteiger partial charge in [0.05, 0.1) is 5.56 Å². The number of nitrogens with zero attached hydrogens (tertiary/aromatic N) is 5. The number of carboxylic acids is 1. The van der Waals surface area contributed by atoms with Crippen LogP contribution in [0.2, 0.25) is 0 Å². The lowest BCUT2D eigenvalue weighted by Crippen LogP contribution is -2.43. The van der Waals surface area contributed by atoms with E-state index in [4.69, 9.17) is 5.11 Å². The van der Waals surface area contributed by atoms with E-state index in [2.05, 4.69) is 10.2 Å². The molecule has 2 amide bonds. The lowest BCUT2D eigenvalue weighted by Gasteiger charge is -2.28. The van der Waals surface area contributed by atoms with Crippen LogP contribution in [0.5, 0.6) is 0 Å². The fourth-order valence-electron chi connectivity index (χ4n) is 3.55. The van der Waals surface area contributed by atoms with Gasteiger partial charge in [-0.3, -0.25) is 18.8 Å². The van der Waals surface area contributed by atoms with Gasteiger partial charge < -0.3 is 14.9 Å². The Kier molecular flexibility index (Phi) is 5.38. The molecule has 3 rings (SSSR count). The molecule has 0 saturated carbocycles. The molecular weight excluding hydrogens is 350 g/mol. The fraction of sp³-hybridized carbons (Fsp3) is 0.500. The molecule has 2 aromatic heterocycles. The monoisotopic (exact) mass is 373 g/mol. The number of amides is 2. The first-order chi connectivity index (χ1) is 12.9. The Bertz CT molecular complexity index is 878. The molecule has 1 N–H and O–H groups in total. The molecule has 0 radical (unpaired) electrons. The third-order valence-electron chi connectivity index (χ3n) is 4.96. The van der Waals surface area contributed by atoms with Gasteiger partial charge in [-0.05, 0) is 38.3 Å². The molecule has 0 bridgehead atoms. The van der Waals surface area contributed by atoms with Crippen LogP contribution in [0.4, 0.5) is 0 Å². The normalized spacial score (nSPS) is 17.6. The minimum atomic E-state index is -1.03. The molecule has 27 heavy (non-hydrogen) atoms. The Morgan fingerprint density at radius 3 is 2.70 bits per heavy atom. The van der Waals surface area contributed by atoms with Crippen LogP contribution in [0.1, 0.15) is 42.4 Å². The standard InChI is InChI=1S/C18H23N5O4/c1-12-19-20-16-6-5-14(10-22(12)16)18(27)21-8-3-4-15(7-9-21)23(13(2)24)11-17(25)26/h5-6,10,15H,3-4,7-9,11H2,1-2H3,(H,25,26). The van der Waals surface area contributed by atoms with Gasteiger partial charge in [-0.2, -0.15) is 0 Å². The number of fused-ring (bicyclic) bond motifs is 1. The van der Waals surface area contributed by atoms with Gasteiger partial charge >= 0.3 is 5.97 Å². The van der Waals surface area contributed by atoms with E-state index in [9.17, 15) is 14.4 Å². The molecule has 0 spiro atoms. The van der Waals surface area contributed by atoms with E-state index in [1.54, 1.807) is 27.6 Å². The Morgan fingerprint density at radius 2 is 2.00 bits per heavy atom. The van der Waals surface area contributed by atoms with Gasteiger partial charge in [-0.25, -0.2) is 0 Å². The predicted octanol–water partition coefficient (Wildman–Crippen LogP) is 0.966. The zero-order valence-corrected chi connectivity index (χ0v) is 15.5. The lowest BCUT2D eigenvalue weighted by atomic mass is 10.1. The van der Waals surface area contributed by atoms with Crippen molar-refractivity contribution >= 4 is 23.4 Å². The molecular formula is C18H23N5O4. The molecule has 1 aliphatic rings. The van der Waals surface area contributed by atoms with Crippen molar-refractivity contribution in [1.29, 1.82) is 0 Å². The van der Waals surface area contributed by atoms with Crippen molar-refractivity contribution in [2.45, 2.75) is 39.2 Å². The Hall–Kier alpha value is -2.97. The first kappa shape index (κ1) is 18.8. The Balaban J connectivity index is 1.72. The van der Waals surface area contributed by atoms with Gasteiger partial charge in [0.1, 0.15) is 12.4 Å². The van der Waals surface area contributed by atoms with Gasteiger partial charge in [-0.15, -0.1) is 10.2 Å². The first-order valence-electron chi connectivity index (χ1n) is 8.96. The highest BCUT2D eigenvalue weighted by Crippen LogP contribution is 2.19. The van der Waals surface area contributed by atoms with Crippen molar-refractivity contribution in [3.8, 4) is 0 Å². The highest BCUT2D eigenvalue weighted by Gasteiger charge is 2.28. The third kappa shape index (κ3) is 4.07. The number of likely N-dealkylation sites (tertiary alicyclic amines) is 1. The summed E-state index contributed by atoms with van der Waals surface area (Å²) in [5.41, 5.74) is 1.24. The summed E-state index contributed by atoms with van der Waals surface area (Å²) in [5.74, 6) is -0.657. The topological polar surface area (TPSA) is 108 Å². The van der Waals surface area contributed by atoms with Crippen LogP contribution in [-0.4, -0.2) is 73.0 Å². The van der Waals surface area contributed by atoms with E-state index in [0.29, 0.717) is 49.4 Å². The van der Waals surface area contributed by atoms with Crippen LogP contribution < -0.4 is 0 Å². The summed E-state index contributed by atoms with van der Waals surface area (Å²) in [6.45, 7) is 3.95. The van der Waals surface area contributed by atoms with Crippen LogP contribution in [-0.2, 0) is 9.59 Å². The van der Waals surface area contributed by atoms with Crippen molar-refractivity contribution in [3.63, 3.8) is 0 Å². The summed E-state index contributed by atoms with van der Waals surface area (Å²) < 4.78 is 1.78. The molecule has 1 fully saturated rings. The molecule has 1 atom stereocenters. The maximum atomic E-state index is 12.9. The molecule has 144 valence electrons. The largest absolute Gasteiger partial charge is 0.480 e. The number of hydrogen-bond donors (Lipinski definition) is 1. The highest BCUT2D eigenvalue weighted by atomic mass is 16.4. The predicted molar refractivity (Wildman–Crippen MR) is 96.3 cm³/mol. The molecule has 1 aliphatic heterocycles. The number of carbonyl (C=O) groups excluding carboxylic acids is 2. The molecule has 1 saturated heterocycles. The van der Waals surface area contributed by atoms with Gasteiger partial charge in [0, 0.05) is 32.3 Å². The molecule has 9 nitrogen and oxygen atoms in total. The van der Waals surface area contributed by atoms with E-state index in [-0.39, 0.29) is 24.4 Å². The second kappa shape index (κ2) is 7.73. The van der Waals surface area contributed by atoms with E-state index in [1.807, 2.05) is 6.92 Å². The maximum absolute atomic E-state index is 12.9. The summed E-state index contributed by atoms with van der Waals surface area (Å²) in [4.78, 5) is 38.9. The van der Waals surface area contributed by atoms with E-state index < -0.39 is 5.97 Å². The van der Waals surface area contributed by atoms with Crippen molar-refractivity contribution in [1.82, 2.24) is 24.4 Å². The zero-order valence-electron chi connectivity index (χ0n) is 15.5. The van der Waals surface area contributed by atoms with E-state index in [1.165, 1.54) is 11.8 Å². The van der Waals surface area contributed by atoms with E-state index in [0.717, 1.165) is 0 Å². The second-order valence-corrected chi connectivity index (χ2v) is 6.81.